The number of fused-ring (bicyclic) bond motifs is 1. The number of carbonyl (C=O) groups excluding carboxylic acids is 2. The number of methoxy groups -OCH3 is 1. The Balaban J connectivity index is 1.68. The van der Waals surface area contributed by atoms with Crippen LogP contribution in [-0.2, 0) is 24.4 Å². The van der Waals surface area contributed by atoms with E-state index in [0.29, 0.717) is 5.56 Å². The molecule has 188 valence electrons. The first-order valence-corrected chi connectivity index (χ1v) is 11.3. The van der Waals surface area contributed by atoms with Crippen LogP contribution in [0.2, 0.25) is 0 Å². The zero-order chi connectivity index (χ0) is 25.7. The number of benzene rings is 2. The standard InChI is InChI=1S/C26H26FN3O6/c1-35-12-11-30-21(31)15-29-14-20(25(33)28-13-17-7-9-19(27)10-8-17)23(32)24(22(29)26(30)34)36-16-18-5-3-2-4-6-18/h2-10,14,21,31H,11-13,15-16H2,1H3,(H,28,33). The van der Waals surface area contributed by atoms with Gasteiger partial charge in [0.05, 0.1) is 13.2 Å². The van der Waals surface area contributed by atoms with Crippen molar-refractivity contribution in [1.29, 1.82) is 0 Å². The van der Waals surface area contributed by atoms with Gasteiger partial charge in [-0.15, -0.1) is 0 Å². The quantitative estimate of drug-likeness (QED) is 0.470. The zero-order valence-corrected chi connectivity index (χ0v) is 19.6. The van der Waals surface area contributed by atoms with Crippen molar-refractivity contribution in [1.82, 2.24) is 14.8 Å². The highest BCUT2D eigenvalue weighted by molar-refractivity contribution is 5.99. The summed E-state index contributed by atoms with van der Waals surface area (Å²) in [5, 5.41) is 13.2. The molecule has 9 nitrogen and oxygen atoms in total. The average molecular weight is 496 g/mol. The van der Waals surface area contributed by atoms with Crippen molar-refractivity contribution >= 4 is 11.8 Å². The van der Waals surface area contributed by atoms with Crippen molar-refractivity contribution in [3.05, 3.63) is 99.2 Å². The normalized spacial score (nSPS) is 14.9. The zero-order valence-electron chi connectivity index (χ0n) is 19.6. The van der Waals surface area contributed by atoms with E-state index >= 15 is 0 Å². The molecule has 2 heterocycles. The number of halogens is 1. The Morgan fingerprint density at radius 1 is 1.11 bits per heavy atom. The first-order chi connectivity index (χ1) is 17.4. The molecule has 36 heavy (non-hydrogen) atoms. The van der Waals surface area contributed by atoms with E-state index in [1.54, 1.807) is 12.1 Å². The second kappa shape index (κ2) is 11.1. The fraction of sp³-hybridized carbons (Fsp3) is 0.269. The third-order valence-corrected chi connectivity index (χ3v) is 5.79. The Hall–Kier alpha value is -4.02. The van der Waals surface area contributed by atoms with E-state index in [1.165, 1.54) is 47.0 Å². The molecule has 0 spiro atoms. The topological polar surface area (TPSA) is 110 Å². The third-order valence-electron chi connectivity index (χ3n) is 5.79. The Morgan fingerprint density at radius 2 is 1.83 bits per heavy atom. The van der Waals surface area contributed by atoms with E-state index in [9.17, 15) is 23.9 Å². The number of rotatable bonds is 9. The predicted octanol–water partition coefficient (Wildman–Crippen LogP) is 1.92. The molecule has 3 aromatic rings. The van der Waals surface area contributed by atoms with Crippen LogP contribution >= 0.6 is 0 Å². The van der Waals surface area contributed by atoms with E-state index in [2.05, 4.69) is 5.32 Å². The Morgan fingerprint density at radius 3 is 2.53 bits per heavy atom. The van der Waals surface area contributed by atoms with E-state index in [1.807, 2.05) is 18.2 Å². The van der Waals surface area contributed by atoms with Crippen molar-refractivity contribution in [3.8, 4) is 5.75 Å². The number of amides is 2. The molecule has 1 atom stereocenters. The molecule has 0 saturated heterocycles. The van der Waals surface area contributed by atoms with Gasteiger partial charge >= 0.3 is 0 Å². The minimum absolute atomic E-state index is 0.00234. The summed E-state index contributed by atoms with van der Waals surface area (Å²) in [6.07, 6.45) is 0.0710. The third kappa shape index (κ3) is 5.45. The Kier molecular flexibility index (Phi) is 7.77. The average Bonchev–Trinajstić information content (AvgIpc) is 2.88. The van der Waals surface area contributed by atoms with Crippen LogP contribution < -0.4 is 15.5 Å². The first kappa shape index (κ1) is 25.1. The fourth-order valence-electron chi connectivity index (χ4n) is 3.89. The number of hydrogen-bond acceptors (Lipinski definition) is 6. The SMILES string of the molecule is COCCN1C(=O)c2c(OCc3ccccc3)c(=O)c(C(=O)NCc3ccc(F)cc3)cn2CC1O. The second-order valence-corrected chi connectivity index (χ2v) is 8.26. The van der Waals surface area contributed by atoms with E-state index in [0.717, 1.165) is 5.56 Å². The highest BCUT2D eigenvalue weighted by Gasteiger charge is 2.36. The molecule has 0 radical (unpaired) electrons. The van der Waals surface area contributed by atoms with Crippen molar-refractivity contribution in [2.75, 3.05) is 20.3 Å². The Labute approximate surface area is 206 Å². The molecule has 2 aromatic carbocycles. The largest absolute Gasteiger partial charge is 0.483 e. The van der Waals surface area contributed by atoms with Gasteiger partial charge in [0.1, 0.15) is 24.2 Å². The van der Waals surface area contributed by atoms with Gasteiger partial charge in [-0.25, -0.2) is 4.39 Å². The van der Waals surface area contributed by atoms with Gasteiger partial charge in [-0.3, -0.25) is 14.4 Å². The van der Waals surface area contributed by atoms with E-state index < -0.39 is 29.3 Å². The molecule has 1 aliphatic rings. The highest BCUT2D eigenvalue weighted by atomic mass is 19.1. The van der Waals surface area contributed by atoms with Crippen LogP contribution in [0.5, 0.6) is 5.75 Å². The molecule has 0 fully saturated rings. The maximum absolute atomic E-state index is 13.4. The summed E-state index contributed by atoms with van der Waals surface area (Å²) in [4.78, 5) is 40.8. The van der Waals surface area contributed by atoms with Crippen LogP contribution in [0, 0.1) is 5.82 Å². The number of aromatic nitrogens is 1. The van der Waals surface area contributed by atoms with Gasteiger partial charge in [0, 0.05) is 26.4 Å². The lowest BCUT2D eigenvalue weighted by Gasteiger charge is -2.35. The molecule has 2 amide bonds. The van der Waals surface area contributed by atoms with E-state index in [4.69, 9.17) is 9.47 Å². The van der Waals surface area contributed by atoms with Crippen molar-refractivity contribution in [2.24, 2.45) is 0 Å². The van der Waals surface area contributed by atoms with Gasteiger partial charge < -0.3 is 29.4 Å². The van der Waals surface area contributed by atoms with E-state index in [-0.39, 0.29) is 49.9 Å². The monoisotopic (exact) mass is 495 g/mol. The molecule has 0 aliphatic carbocycles. The first-order valence-electron chi connectivity index (χ1n) is 11.3. The van der Waals surface area contributed by atoms with Gasteiger partial charge in [0.15, 0.2) is 11.4 Å². The Bertz CT molecular complexity index is 1290. The summed E-state index contributed by atoms with van der Waals surface area (Å²) >= 11 is 0. The predicted molar refractivity (Wildman–Crippen MR) is 128 cm³/mol. The molecule has 1 unspecified atom stereocenters. The van der Waals surface area contributed by atoms with Gasteiger partial charge in [-0.05, 0) is 23.3 Å². The minimum atomic E-state index is -1.18. The number of aliphatic hydroxyl groups is 1. The number of aliphatic hydroxyl groups excluding tert-OH is 1. The smallest absolute Gasteiger partial charge is 0.276 e. The molecule has 1 aliphatic heterocycles. The van der Waals surface area contributed by atoms with Gasteiger partial charge in [-0.2, -0.15) is 0 Å². The van der Waals surface area contributed by atoms with Gasteiger partial charge in [0.25, 0.3) is 11.8 Å². The molecule has 1 aromatic heterocycles. The summed E-state index contributed by atoms with van der Waals surface area (Å²) in [6.45, 7) is 0.301. The summed E-state index contributed by atoms with van der Waals surface area (Å²) in [6, 6.07) is 14.7. The van der Waals surface area contributed by atoms with Crippen molar-refractivity contribution < 1.29 is 28.6 Å². The second-order valence-electron chi connectivity index (χ2n) is 8.26. The van der Waals surface area contributed by atoms with Crippen LogP contribution in [0.4, 0.5) is 4.39 Å². The molecular formula is C26H26FN3O6. The minimum Gasteiger partial charge on any atom is -0.483 e. The lowest BCUT2D eigenvalue weighted by atomic mass is 10.1. The van der Waals surface area contributed by atoms with Crippen molar-refractivity contribution in [2.45, 2.75) is 25.9 Å². The van der Waals surface area contributed by atoms with Gasteiger partial charge in [-0.1, -0.05) is 42.5 Å². The van der Waals surface area contributed by atoms with Crippen LogP contribution in [0.15, 0.2) is 65.6 Å². The lowest BCUT2D eigenvalue weighted by molar-refractivity contribution is -0.0208. The van der Waals surface area contributed by atoms with Crippen molar-refractivity contribution in [3.63, 3.8) is 0 Å². The number of ether oxygens (including phenoxy) is 2. The number of pyridine rings is 1. The highest BCUT2D eigenvalue weighted by Crippen LogP contribution is 2.24. The molecule has 4 rings (SSSR count). The molecule has 2 N–H and O–H groups in total. The molecular weight excluding hydrogens is 469 g/mol. The van der Waals surface area contributed by atoms with Gasteiger partial charge in [0.2, 0.25) is 5.43 Å². The number of nitrogens with zero attached hydrogens (tertiary/aromatic N) is 2. The summed E-state index contributed by atoms with van der Waals surface area (Å²) < 4.78 is 25.4. The number of carbonyl (C=O) groups is 2. The fourth-order valence-corrected chi connectivity index (χ4v) is 3.89. The van der Waals surface area contributed by atoms with Crippen LogP contribution in [-0.4, -0.2) is 52.9 Å². The summed E-state index contributed by atoms with van der Waals surface area (Å²) in [7, 11) is 1.48. The van der Waals surface area contributed by atoms with Crippen LogP contribution in [0.3, 0.4) is 0 Å². The molecule has 0 bridgehead atoms. The molecule has 10 heteroatoms. The summed E-state index contributed by atoms with van der Waals surface area (Å²) in [5.41, 5.74) is 0.371. The number of nitrogens with one attached hydrogen (secondary N) is 1. The summed E-state index contributed by atoms with van der Waals surface area (Å²) in [5.74, 6) is -1.97. The maximum atomic E-state index is 13.4. The van der Waals surface area contributed by atoms with Crippen LogP contribution in [0.1, 0.15) is 32.0 Å². The molecule has 0 saturated carbocycles. The lowest BCUT2D eigenvalue weighted by Crippen LogP contribution is -2.50. The maximum Gasteiger partial charge on any atom is 0.276 e. The number of hydrogen-bond donors (Lipinski definition) is 2. The van der Waals surface area contributed by atoms with Crippen LogP contribution in [0.25, 0.3) is 0 Å².